The molecule has 0 atom stereocenters. The van der Waals surface area contributed by atoms with Gasteiger partial charge in [-0.05, 0) is 24.5 Å². The van der Waals surface area contributed by atoms with E-state index in [2.05, 4.69) is 12.1 Å². The lowest BCUT2D eigenvalue weighted by atomic mass is 10.1. The molecule has 0 aliphatic carbocycles. The summed E-state index contributed by atoms with van der Waals surface area (Å²) < 4.78 is 0. The first-order chi connectivity index (χ1) is 9.16. The Morgan fingerprint density at radius 1 is 1.16 bits per heavy atom. The largest absolute Gasteiger partial charge is 0.272 e. The SMILES string of the molecule is Cc1ccc(/C=C/Cc2ccccc2)cc1[N+](=O)[O-]. The molecule has 2 aromatic rings. The Morgan fingerprint density at radius 3 is 2.58 bits per heavy atom. The molecule has 0 saturated heterocycles. The molecule has 0 saturated carbocycles. The van der Waals surface area contributed by atoms with Crippen LogP contribution in [0.3, 0.4) is 0 Å². The van der Waals surface area contributed by atoms with E-state index in [9.17, 15) is 10.1 Å². The third kappa shape index (κ3) is 3.52. The first kappa shape index (κ1) is 13.0. The van der Waals surface area contributed by atoms with Crippen LogP contribution >= 0.6 is 0 Å². The molecule has 0 radical (unpaired) electrons. The van der Waals surface area contributed by atoms with E-state index in [4.69, 9.17) is 0 Å². The second-order valence-electron chi connectivity index (χ2n) is 4.40. The van der Waals surface area contributed by atoms with Crippen molar-refractivity contribution in [1.82, 2.24) is 0 Å². The molecule has 2 rings (SSSR count). The molecule has 2 aromatic carbocycles. The van der Waals surface area contributed by atoms with Gasteiger partial charge in [-0.1, -0.05) is 54.6 Å². The molecule has 0 amide bonds. The summed E-state index contributed by atoms with van der Waals surface area (Å²) in [6.07, 6.45) is 4.76. The Kier molecular flexibility index (Phi) is 4.08. The fourth-order valence-corrected chi connectivity index (χ4v) is 1.87. The van der Waals surface area contributed by atoms with E-state index in [1.165, 1.54) is 5.56 Å². The summed E-state index contributed by atoms with van der Waals surface area (Å²) in [5.74, 6) is 0. The van der Waals surface area contributed by atoms with Gasteiger partial charge in [-0.3, -0.25) is 10.1 Å². The molecule has 3 nitrogen and oxygen atoms in total. The molecule has 0 aliphatic heterocycles. The number of nitro groups is 1. The second-order valence-corrected chi connectivity index (χ2v) is 4.40. The van der Waals surface area contributed by atoms with Crippen molar-refractivity contribution in [2.75, 3.05) is 0 Å². The van der Waals surface area contributed by atoms with Crippen molar-refractivity contribution >= 4 is 11.8 Å². The molecule has 96 valence electrons. The zero-order chi connectivity index (χ0) is 13.7. The molecule has 0 bridgehead atoms. The maximum absolute atomic E-state index is 10.9. The van der Waals surface area contributed by atoms with Gasteiger partial charge in [-0.15, -0.1) is 0 Å². The third-order valence-electron chi connectivity index (χ3n) is 2.94. The van der Waals surface area contributed by atoms with Gasteiger partial charge in [0.25, 0.3) is 5.69 Å². The summed E-state index contributed by atoms with van der Waals surface area (Å²) in [6.45, 7) is 1.75. The van der Waals surface area contributed by atoms with E-state index in [1.54, 1.807) is 19.1 Å². The highest BCUT2D eigenvalue weighted by atomic mass is 16.6. The predicted molar refractivity (Wildman–Crippen MR) is 77.0 cm³/mol. The standard InChI is InChI=1S/C16H15NO2/c1-13-10-11-15(12-16(13)17(18)19)9-5-8-14-6-3-2-4-7-14/h2-7,9-12H,8H2,1H3/b9-5+. The van der Waals surface area contributed by atoms with Crippen LogP contribution in [0.5, 0.6) is 0 Å². The van der Waals surface area contributed by atoms with Gasteiger partial charge in [0, 0.05) is 11.6 Å². The van der Waals surface area contributed by atoms with Gasteiger partial charge < -0.3 is 0 Å². The molecule has 0 fully saturated rings. The van der Waals surface area contributed by atoms with Gasteiger partial charge in [-0.25, -0.2) is 0 Å². The van der Waals surface area contributed by atoms with Crippen LogP contribution in [0.25, 0.3) is 6.08 Å². The molecule has 0 N–H and O–H groups in total. The molecule has 0 unspecified atom stereocenters. The highest BCUT2D eigenvalue weighted by molar-refractivity contribution is 5.56. The van der Waals surface area contributed by atoms with Crippen molar-refractivity contribution < 1.29 is 4.92 Å². The summed E-state index contributed by atoms with van der Waals surface area (Å²) in [6, 6.07) is 15.4. The van der Waals surface area contributed by atoms with E-state index >= 15 is 0 Å². The number of hydrogen-bond acceptors (Lipinski definition) is 2. The normalized spacial score (nSPS) is 10.8. The first-order valence-electron chi connectivity index (χ1n) is 6.12. The zero-order valence-electron chi connectivity index (χ0n) is 10.7. The van der Waals surface area contributed by atoms with Crippen molar-refractivity contribution in [3.8, 4) is 0 Å². The van der Waals surface area contributed by atoms with Crippen LogP contribution in [0.2, 0.25) is 0 Å². The summed E-state index contributed by atoms with van der Waals surface area (Å²) in [5, 5.41) is 10.9. The molecule has 0 aromatic heterocycles. The lowest BCUT2D eigenvalue weighted by Gasteiger charge is -1.99. The molecule has 3 heteroatoms. The third-order valence-corrected chi connectivity index (χ3v) is 2.94. The Balaban J connectivity index is 2.11. The Hall–Kier alpha value is -2.42. The molecular weight excluding hydrogens is 238 g/mol. The van der Waals surface area contributed by atoms with E-state index < -0.39 is 0 Å². The molecule has 0 spiro atoms. The number of nitro benzene ring substituents is 1. The van der Waals surface area contributed by atoms with Gasteiger partial charge in [0.1, 0.15) is 0 Å². The second kappa shape index (κ2) is 5.96. The van der Waals surface area contributed by atoms with Gasteiger partial charge in [0.15, 0.2) is 0 Å². The summed E-state index contributed by atoms with van der Waals surface area (Å²) in [5.41, 5.74) is 2.93. The minimum Gasteiger partial charge on any atom is -0.258 e. The van der Waals surface area contributed by atoms with Gasteiger partial charge in [0.05, 0.1) is 4.92 Å². The van der Waals surface area contributed by atoms with Crippen molar-refractivity contribution in [3.05, 3.63) is 81.4 Å². The van der Waals surface area contributed by atoms with E-state index in [0.717, 1.165) is 12.0 Å². The number of hydrogen-bond donors (Lipinski definition) is 0. The van der Waals surface area contributed by atoms with Gasteiger partial charge >= 0.3 is 0 Å². The quantitative estimate of drug-likeness (QED) is 0.606. The van der Waals surface area contributed by atoms with Crippen LogP contribution < -0.4 is 0 Å². The average Bonchev–Trinajstić information content (AvgIpc) is 2.41. The topological polar surface area (TPSA) is 43.1 Å². The van der Waals surface area contributed by atoms with Crippen molar-refractivity contribution in [1.29, 1.82) is 0 Å². The van der Waals surface area contributed by atoms with Crippen LogP contribution in [0, 0.1) is 17.0 Å². The Morgan fingerprint density at radius 2 is 1.89 bits per heavy atom. The van der Waals surface area contributed by atoms with Crippen molar-refractivity contribution in [3.63, 3.8) is 0 Å². The molecule has 19 heavy (non-hydrogen) atoms. The smallest absolute Gasteiger partial charge is 0.258 e. The van der Waals surface area contributed by atoms with E-state index in [-0.39, 0.29) is 10.6 Å². The van der Waals surface area contributed by atoms with Gasteiger partial charge in [-0.2, -0.15) is 0 Å². The number of allylic oxidation sites excluding steroid dienone is 1. The van der Waals surface area contributed by atoms with Crippen LogP contribution in [0.15, 0.2) is 54.6 Å². The predicted octanol–water partition coefficient (Wildman–Crippen LogP) is 4.16. The average molecular weight is 253 g/mol. The minimum absolute atomic E-state index is 0.168. The minimum atomic E-state index is -0.343. The molecule has 0 heterocycles. The van der Waals surface area contributed by atoms with Crippen LogP contribution in [0.1, 0.15) is 16.7 Å². The highest BCUT2D eigenvalue weighted by Gasteiger charge is 2.09. The monoisotopic (exact) mass is 253 g/mol. The van der Waals surface area contributed by atoms with E-state index in [1.807, 2.05) is 36.4 Å². The first-order valence-corrected chi connectivity index (χ1v) is 6.12. The molecular formula is C16H15NO2. The van der Waals surface area contributed by atoms with Crippen LogP contribution in [0.4, 0.5) is 5.69 Å². The number of benzene rings is 2. The maximum atomic E-state index is 10.9. The number of nitrogens with zero attached hydrogens (tertiary/aromatic N) is 1. The van der Waals surface area contributed by atoms with Crippen LogP contribution in [-0.4, -0.2) is 4.92 Å². The number of rotatable bonds is 4. The fraction of sp³-hybridized carbons (Fsp3) is 0.125. The Labute approximate surface area is 112 Å². The summed E-state index contributed by atoms with van der Waals surface area (Å²) in [4.78, 5) is 10.5. The number of aryl methyl sites for hydroxylation is 1. The van der Waals surface area contributed by atoms with Gasteiger partial charge in [0.2, 0.25) is 0 Å². The Bertz CT molecular complexity index is 603. The zero-order valence-corrected chi connectivity index (χ0v) is 10.7. The van der Waals surface area contributed by atoms with Crippen molar-refractivity contribution in [2.24, 2.45) is 0 Å². The molecule has 0 aliphatic rings. The summed E-state index contributed by atoms with van der Waals surface area (Å²) in [7, 11) is 0. The lowest BCUT2D eigenvalue weighted by Crippen LogP contribution is -1.91. The lowest BCUT2D eigenvalue weighted by molar-refractivity contribution is -0.385. The maximum Gasteiger partial charge on any atom is 0.272 e. The fourth-order valence-electron chi connectivity index (χ4n) is 1.87. The highest BCUT2D eigenvalue weighted by Crippen LogP contribution is 2.20. The van der Waals surface area contributed by atoms with Crippen molar-refractivity contribution in [2.45, 2.75) is 13.3 Å². The van der Waals surface area contributed by atoms with Crippen LogP contribution in [-0.2, 0) is 6.42 Å². The summed E-state index contributed by atoms with van der Waals surface area (Å²) >= 11 is 0. The van der Waals surface area contributed by atoms with E-state index in [0.29, 0.717) is 5.56 Å².